The van der Waals surface area contributed by atoms with Gasteiger partial charge in [0.2, 0.25) is 5.91 Å². The first-order valence-electron chi connectivity index (χ1n) is 7.26. The van der Waals surface area contributed by atoms with E-state index in [1.165, 1.54) is 0 Å². The first-order chi connectivity index (χ1) is 10.1. The fraction of sp³-hybridized carbons (Fsp3) is 0.786. The van der Waals surface area contributed by atoms with E-state index in [2.05, 4.69) is 17.1 Å². The summed E-state index contributed by atoms with van der Waals surface area (Å²) in [5.74, 6) is 1.12. The molecule has 0 bridgehead atoms. The maximum atomic E-state index is 12.1. The quantitative estimate of drug-likeness (QED) is 0.783. The van der Waals surface area contributed by atoms with Gasteiger partial charge in [0, 0.05) is 32.2 Å². The number of hydrogen-bond acceptors (Lipinski definition) is 6. The van der Waals surface area contributed by atoms with Crippen LogP contribution in [-0.4, -0.2) is 54.4 Å². The second kappa shape index (κ2) is 7.00. The molecule has 1 saturated heterocycles. The lowest BCUT2D eigenvalue weighted by Gasteiger charge is -2.38. The molecule has 2 heterocycles. The van der Waals surface area contributed by atoms with E-state index in [0.29, 0.717) is 31.5 Å². The maximum Gasteiger partial charge on any atom is 0.252 e. The van der Waals surface area contributed by atoms with Crippen molar-refractivity contribution in [2.75, 3.05) is 33.4 Å². The largest absolute Gasteiger partial charge is 0.375 e. The normalized spacial score (nSPS) is 22.5. The molecule has 0 aromatic carbocycles. The monoisotopic (exact) mass is 297 g/mol. The Balaban J connectivity index is 2.05. The summed E-state index contributed by atoms with van der Waals surface area (Å²) in [7, 11) is 1.58. The van der Waals surface area contributed by atoms with Crippen molar-refractivity contribution in [1.82, 2.24) is 15.0 Å². The van der Waals surface area contributed by atoms with Crippen molar-refractivity contribution < 1.29 is 18.8 Å². The van der Waals surface area contributed by atoms with Gasteiger partial charge in [-0.05, 0) is 19.8 Å². The number of nitrogens with zero attached hydrogens (tertiary/aromatic N) is 3. The van der Waals surface area contributed by atoms with E-state index in [0.717, 1.165) is 19.4 Å². The first kappa shape index (κ1) is 15.9. The van der Waals surface area contributed by atoms with Gasteiger partial charge in [0.05, 0.1) is 0 Å². The summed E-state index contributed by atoms with van der Waals surface area (Å²) in [5.41, 5.74) is -0.282. The van der Waals surface area contributed by atoms with E-state index in [1.54, 1.807) is 7.11 Å². The van der Waals surface area contributed by atoms with Gasteiger partial charge in [-0.15, -0.1) is 0 Å². The van der Waals surface area contributed by atoms with Crippen molar-refractivity contribution in [3.63, 3.8) is 0 Å². The number of likely N-dealkylation sites (tertiary alicyclic amines) is 1. The molecular weight excluding hydrogens is 274 g/mol. The topological polar surface area (TPSA) is 77.7 Å². The number of methoxy groups -OCH3 is 1. The highest BCUT2D eigenvalue weighted by atomic mass is 16.5. The summed E-state index contributed by atoms with van der Waals surface area (Å²) in [6, 6.07) is 0. The van der Waals surface area contributed by atoms with Crippen LogP contribution < -0.4 is 0 Å². The van der Waals surface area contributed by atoms with Gasteiger partial charge in [0.15, 0.2) is 5.82 Å². The van der Waals surface area contributed by atoms with Gasteiger partial charge in [-0.2, -0.15) is 4.98 Å². The molecule has 1 atom stereocenters. The Morgan fingerprint density at radius 1 is 1.52 bits per heavy atom. The maximum absolute atomic E-state index is 12.1. The van der Waals surface area contributed by atoms with E-state index in [1.807, 2.05) is 11.8 Å². The third-order valence-corrected chi connectivity index (χ3v) is 3.75. The van der Waals surface area contributed by atoms with Gasteiger partial charge in [-0.25, -0.2) is 0 Å². The summed E-state index contributed by atoms with van der Waals surface area (Å²) < 4.78 is 15.4. The van der Waals surface area contributed by atoms with E-state index >= 15 is 0 Å². The van der Waals surface area contributed by atoms with Gasteiger partial charge < -0.3 is 18.9 Å². The standard InChI is InChI=1S/C14H23N3O4/c1-4-20-9-12(18)17-7-5-6-14(2,10-17)13-15-11(8-19-3)21-16-13/h4-10H2,1-3H3. The van der Waals surface area contributed by atoms with Gasteiger partial charge in [0.25, 0.3) is 5.89 Å². The molecule has 7 heteroatoms. The van der Waals surface area contributed by atoms with Crippen molar-refractivity contribution >= 4 is 5.91 Å². The lowest BCUT2D eigenvalue weighted by atomic mass is 9.81. The van der Waals surface area contributed by atoms with E-state index < -0.39 is 0 Å². The Labute approximate surface area is 124 Å². The molecule has 0 saturated carbocycles. The van der Waals surface area contributed by atoms with Gasteiger partial charge in [0.1, 0.15) is 13.2 Å². The molecule has 2 rings (SSSR count). The van der Waals surface area contributed by atoms with Crippen molar-refractivity contribution in [3.05, 3.63) is 11.7 Å². The third-order valence-electron chi connectivity index (χ3n) is 3.75. The van der Waals surface area contributed by atoms with Crippen LogP contribution >= 0.6 is 0 Å². The highest BCUT2D eigenvalue weighted by molar-refractivity contribution is 5.77. The molecule has 1 amide bonds. The van der Waals surface area contributed by atoms with E-state index in [9.17, 15) is 4.79 Å². The first-order valence-corrected chi connectivity index (χ1v) is 7.26. The lowest BCUT2D eigenvalue weighted by Crippen LogP contribution is -2.48. The molecule has 1 aromatic rings. The van der Waals surface area contributed by atoms with Crippen molar-refractivity contribution in [1.29, 1.82) is 0 Å². The molecule has 1 aliphatic heterocycles. The molecule has 7 nitrogen and oxygen atoms in total. The Hall–Kier alpha value is -1.47. The van der Waals surface area contributed by atoms with Crippen LogP contribution in [0.5, 0.6) is 0 Å². The molecule has 0 N–H and O–H groups in total. The zero-order valence-electron chi connectivity index (χ0n) is 12.9. The van der Waals surface area contributed by atoms with Crippen LogP contribution in [0.25, 0.3) is 0 Å². The summed E-state index contributed by atoms with van der Waals surface area (Å²) >= 11 is 0. The Morgan fingerprint density at radius 3 is 3.05 bits per heavy atom. The van der Waals surface area contributed by atoms with Crippen LogP contribution in [0, 0.1) is 0 Å². The Morgan fingerprint density at radius 2 is 2.33 bits per heavy atom. The third kappa shape index (κ3) is 3.79. The zero-order chi connectivity index (χ0) is 15.3. The fourth-order valence-electron chi connectivity index (χ4n) is 2.60. The zero-order valence-corrected chi connectivity index (χ0v) is 12.9. The summed E-state index contributed by atoms with van der Waals surface area (Å²) in [6.45, 7) is 6.26. The van der Waals surface area contributed by atoms with Crippen LogP contribution in [0.1, 0.15) is 38.4 Å². The van der Waals surface area contributed by atoms with Crippen molar-refractivity contribution in [3.8, 4) is 0 Å². The van der Waals surface area contributed by atoms with Crippen LogP contribution in [0.2, 0.25) is 0 Å². The second-order valence-electron chi connectivity index (χ2n) is 5.56. The predicted molar refractivity (Wildman–Crippen MR) is 74.7 cm³/mol. The molecule has 0 spiro atoms. The molecular formula is C14H23N3O4. The number of carbonyl (C=O) groups excluding carboxylic acids is 1. The van der Waals surface area contributed by atoms with Gasteiger partial charge >= 0.3 is 0 Å². The molecule has 1 aromatic heterocycles. The number of ether oxygens (including phenoxy) is 2. The fourth-order valence-corrected chi connectivity index (χ4v) is 2.60. The predicted octanol–water partition coefficient (Wildman–Crippen LogP) is 1.13. The van der Waals surface area contributed by atoms with E-state index in [4.69, 9.17) is 14.0 Å². The minimum absolute atomic E-state index is 0.0170. The number of carbonyl (C=O) groups is 1. The van der Waals surface area contributed by atoms with Crippen LogP contribution in [0.3, 0.4) is 0 Å². The van der Waals surface area contributed by atoms with Crippen LogP contribution in [0.15, 0.2) is 4.52 Å². The smallest absolute Gasteiger partial charge is 0.252 e. The van der Waals surface area contributed by atoms with Gasteiger partial charge in [-0.3, -0.25) is 4.79 Å². The Bertz CT molecular complexity index is 477. The molecule has 118 valence electrons. The highest BCUT2D eigenvalue weighted by Gasteiger charge is 2.38. The number of aromatic nitrogens is 2. The molecule has 0 radical (unpaired) electrons. The molecule has 1 fully saturated rings. The minimum atomic E-state index is -0.282. The van der Waals surface area contributed by atoms with Gasteiger partial charge in [-0.1, -0.05) is 12.1 Å². The van der Waals surface area contributed by atoms with Crippen LogP contribution in [0.4, 0.5) is 0 Å². The number of piperidine rings is 1. The van der Waals surface area contributed by atoms with Crippen molar-refractivity contribution in [2.45, 2.75) is 38.7 Å². The number of amides is 1. The Kier molecular flexibility index (Phi) is 5.30. The molecule has 1 unspecified atom stereocenters. The van der Waals surface area contributed by atoms with Crippen LogP contribution in [-0.2, 0) is 26.3 Å². The SMILES string of the molecule is CCOCC(=O)N1CCCC(C)(c2noc(COC)n2)C1. The molecule has 21 heavy (non-hydrogen) atoms. The van der Waals surface area contributed by atoms with Crippen molar-refractivity contribution in [2.24, 2.45) is 0 Å². The molecule has 0 aliphatic carbocycles. The van der Waals surface area contributed by atoms with E-state index in [-0.39, 0.29) is 17.9 Å². The summed E-state index contributed by atoms with van der Waals surface area (Å²) in [4.78, 5) is 18.3. The average molecular weight is 297 g/mol. The minimum Gasteiger partial charge on any atom is -0.375 e. The number of rotatable bonds is 6. The molecule has 1 aliphatic rings. The number of hydrogen-bond donors (Lipinski definition) is 0. The summed E-state index contributed by atoms with van der Waals surface area (Å²) in [5, 5.41) is 4.05. The lowest BCUT2D eigenvalue weighted by molar-refractivity contribution is -0.138. The highest BCUT2D eigenvalue weighted by Crippen LogP contribution is 2.32. The summed E-state index contributed by atoms with van der Waals surface area (Å²) in [6.07, 6.45) is 1.85. The second-order valence-corrected chi connectivity index (χ2v) is 5.56. The average Bonchev–Trinajstić information content (AvgIpc) is 2.95.